The Morgan fingerprint density at radius 1 is 1.37 bits per heavy atom. The lowest BCUT2D eigenvalue weighted by Crippen LogP contribution is -2.11. The molecule has 2 aromatic rings. The van der Waals surface area contributed by atoms with Gasteiger partial charge in [0, 0.05) is 6.20 Å². The van der Waals surface area contributed by atoms with E-state index in [1.54, 1.807) is 30.5 Å². The van der Waals surface area contributed by atoms with E-state index in [1.807, 2.05) is 6.07 Å². The van der Waals surface area contributed by atoms with Crippen LogP contribution in [0.5, 0.6) is 0 Å². The number of rotatable bonds is 4. The molecule has 0 amide bonds. The monoisotopic (exact) mass is 258 g/mol. The van der Waals surface area contributed by atoms with Crippen LogP contribution in [0.1, 0.15) is 16.1 Å². The fraction of sp³-hybridized carbons (Fsp3) is 0.154. The average Bonchev–Trinajstić information content (AvgIpc) is 2.46. The maximum absolute atomic E-state index is 11.7. The number of methoxy groups -OCH3 is 1. The zero-order valence-corrected chi connectivity index (χ0v) is 10.5. The molecule has 1 heterocycles. The molecule has 6 nitrogen and oxygen atoms in total. The second-order valence-corrected chi connectivity index (χ2v) is 3.83. The van der Waals surface area contributed by atoms with Crippen molar-refractivity contribution in [3.63, 3.8) is 0 Å². The van der Waals surface area contributed by atoms with Crippen molar-refractivity contribution in [2.24, 2.45) is 0 Å². The largest absolute Gasteiger partial charge is 0.465 e. The van der Waals surface area contributed by atoms with E-state index in [0.29, 0.717) is 23.5 Å². The van der Waals surface area contributed by atoms with Gasteiger partial charge < -0.3 is 15.8 Å². The van der Waals surface area contributed by atoms with E-state index in [1.165, 1.54) is 7.11 Å². The molecule has 0 aliphatic carbocycles. The first-order chi connectivity index (χ1) is 9.22. The van der Waals surface area contributed by atoms with Gasteiger partial charge in [0.25, 0.3) is 0 Å². The quantitative estimate of drug-likeness (QED) is 0.637. The molecule has 0 aliphatic heterocycles. The predicted octanol–water partition coefficient (Wildman–Crippen LogP) is 1.46. The van der Waals surface area contributed by atoms with Crippen LogP contribution >= 0.6 is 0 Å². The third-order valence-corrected chi connectivity index (χ3v) is 2.58. The van der Waals surface area contributed by atoms with Gasteiger partial charge in [0.15, 0.2) is 0 Å². The van der Waals surface area contributed by atoms with Crippen LogP contribution in [0.25, 0.3) is 0 Å². The Labute approximate surface area is 110 Å². The zero-order chi connectivity index (χ0) is 13.7. The number of aromatic nitrogens is 2. The molecule has 0 saturated heterocycles. The topological polar surface area (TPSA) is 90.1 Å². The van der Waals surface area contributed by atoms with E-state index in [-0.39, 0.29) is 0 Å². The molecule has 6 heteroatoms. The minimum absolute atomic E-state index is 0.395. The van der Waals surface area contributed by atoms with E-state index in [0.717, 1.165) is 5.69 Å². The van der Waals surface area contributed by atoms with Crippen LogP contribution < -0.4 is 11.1 Å². The minimum atomic E-state index is -0.436. The van der Waals surface area contributed by atoms with Crippen molar-refractivity contribution < 1.29 is 9.53 Å². The van der Waals surface area contributed by atoms with E-state index in [9.17, 15) is 4.79 Å². The summed E-state index contributed by atoms with van der Waals surface area (Å²) in [5, 5.41) is 10.8. The summed E-state index contributed by atoms with van der Waals surface area (Å²) in [5.41, 5.74) is 8.04. The van der Waals surface area contributed by atoms with Gasteiger partial charge in [-0.05, 0) is 24.3 Å². The van der Waals surface area contributed by atoms with Gasteiger partial charge in [0.2, 0.25) is 0 Å². The molecule has 0 bridgehead atoms. The van der Waals surface area contributed by atoms with Crippen molar-refractivity contribution in [1.82, 2.24) is 10.2 Å². The van der Waals surface area contributed by atoms with Crippen molar-refractivity contribution in [1.29, 1.82) is 0 Å². The third-order valence-electron chi connectivity index (χ3n) is 2.58. The number of nitrogens with zero attached hydrogens (tertiary/aromatic N) is 2. The second-order valence-electron chi connectivity index (χ2n) is 3.83. The summed E-state index contributed by atoms with van der Waals surface area (Å²) in [4.78, 5) is 11.7. The van der Waals surface area contributed by atoms with Gasteiger partial charge in [0.05, 0.1) is 36.3 Å². The molecule has 0 saturated carbocycles. The van der Waals surface area contributed by atoms with Gasteiger partial charge in [-0.3, -0.25) is 0 Å². The van der Waals surface area contributed by atoms with Crippen molar-refractivity contribution in [3.8, 4) is 0 Å². The standard InChI is InChI=1S/C13H14N4O2/c1-19-13(18)10-5-2-6-11(14)12(10)15-8-9-4-3-7-16-17-9/h2-7,15H,8,14H2,1H3. The van der Waals surface area contributed by atoms with Gasteiger partial charge in [0.1, 0.15) is 0 Å². The molecule has 19 heavy (non-hydrogen) atoms. The van der Waals surface area contributed by atoms with Crippen molar-refractivity contribution in [2.45, 2.75) is 6.54 Å². The van der Waals surface area contributed by atoms with Crippen molar-refractivity contribution >= 4 is 17.3 Å². The van der Waals surface area contributed by atoms with Crippen LogP contribution in [0.4, 0.5) is 11.4 Å². The fourth-order valence-corrected chi connectivity index (χ4v) is 1.65. The van der Waals surface area contributed by atoms with Crippen LogP contribution in [0.2, 0.25) is 0 Å². The first-order valence-corrected chi connectivity index (χ1v) is 5.69. The van der Waals surface area contributed by atoms with E-state index in [2.05, 4.69) is 15.5 Å². The second kappa shape index (κ2) is 5.81. The lowest BCUT2D eigenvalue weighted by Gasteiger charge is -2.12. The van der Waals surface area contributed by atoms with E-state index >= 15 is 0 Å². The van der Waals surface area contributed by atoms with Gasteiger partial charge >= 0.3 is 5.97 Å². The number of ether oxygens (including phenoxy) is 1. The molecular formula is C13H14N4O2. The number of benzene rings is 1. The lowest BCUT2D eigenvalue weighted by molar-refractivity contribution is 0.0602. The predicted molar refractivity (Wildman–Crippen MR) is 71.6 cm³/mol. The summed E-state index contributed by atoms with van der Waals surface area (Å²) >= 11 is 0. The van der Waals surface area contributed by atoms with Crippen LogP contribution in [0, 0.1) is 0 Å². The molecule has 2 rings (SSSR count). The molecule has 0 unspecified atom stereocenters. The van der Waals surface area contributed by atoms with E-state index < -0.39 is 5.97 Å². The Morgan fingerprint density at radius 2 is 2.21 bits per heavy atom. The highest BCUT2D eigenvalue weighted by Crippen LogP contribution is 2.24. The summed E-state index contributed by atoms with van der Waals surface area (Å²) in [6, 6.07) is 8.69. The summed E-state index contributed by atoms with van der Waals surface area (Å²) in [7, 11) is 1.33. The highest BCUT2D eigenvalue weighted by molar-refractivity contribution is 5.98. The molecule has 98 valence electrons. The van der Waals surface area contributed by atoms with Crippen molar-refractivity contribution in [2.75, 3.05) is 18.2 Å². The zero-order valence-electron chi connectivity index (χ0n) is 10.5. The van der Waals surface area contributed by atoms with Gasteiger partial charge in [-0.1, -0.05) is 6.07 Å². The molecule has 1 aromatic carbocycles. The van der Waals surface area contributed by atoms with Crippen LogP contribution in [-0.4, -0.2) is 23.3 Å². The fourth-order valence-electron chi connectivity index (χ4n) is 1.65. The Balaban J connectivity index is 2.22. The molecule has 0 spiro atoms. The SMILES string of the molecule is COC(=O)c1cccc(N)c1NCc1cccnn1. The summed E-state index contributed by atoms with van der Waals surface area (Å²) in [5.74, 6) is -0.436. The molecule has 3 N–H and O–H groups in total. The van der Waals surface area contributed by atoms with Gasteiger partial charge in [-0.25, -0.2) is 4.79 Å². The number of anilines is 2. The first-order valence-electron chi connectivity index (χ1n) is 5.69. The number of carbonyl (C=O) groups is 1. The minimum Gasteiger partial charge on any atom is -0.465 e. The maximum Gasteiger partial charge on any atom is 0.340 e. The number of hydrogen-bond donors (Lipinski definition) is 2. The molecule has 0 fully saturated rings. The summed E-state index contributed by atoms with van der Waals surface area (Å²) < 4.78 is 4.72. The number of nitrogen functional groups attached to an aromatic ring is 1. The van der Waals surface area contributed by atoms with Gasteiger partial charge in [-0.2, -0.15) is 10.2 Å². The molecule has 1 aromatic heterocycles. The third kappa shape index (κ3) is 2.98. The molecule has 0 atom stereocenters. The number of carbonyl (C=O) groups excluding carboxylic acids is 1. The lowest BCUT2D eigenvalue weighted by atomic mass is 10.1. The average molecular weight is 258 g/mol. The Bertz CT molecular complexity index is 572. The summed E-state index contributed by atoms with van der Waals surface area (Å²) in [6.07, 6.45) is 1.60. The highest BCUT2D eigenvalue weighted by Gasteiger charge is 2.13. The highest BCUT2D eigenvalue weighted by atomic mass is 16.5. The molecule has 0 aliphatic rings. The number of nitrogens with two attached hydrogens (primary N) is 1. The summed E-state index contributed by atoms with van der Waals surface area (Å²) in [6.45, 7) is 0.423. The molecular weight excluding hydrogens is 244 g/mol. The molecule has 0 radical (unpaired) electrons. The van der Waals surface area contributed by atoms with E-state index in [4.69, 9.17) is 10.5 Å². The van der Waals surface area contributed by atoms with Crippen molar-refractivity contribution in [3.05, 3.63) is 47.8 Å². The normalized spacial score (nSPS) is 9.95. The number of nitrogens with one attached hydrogen (secondary N) is 1. The Morgan fingerprint density at radius 3 is 2.89 bits per heavy atom. The first kappa shape index (κ1) is 12.8. The number of para-hydroxylation sites is 1. The number of esters is 1. The smallest absolute Gasteiger partial charge is 0.340 e. The van der Waals surface area contributed by atoms with Crippen LogP contribution in [-0.2, 0) is 11.3 Å². The Hall–Kier alpha value is -2.63. The number of hydrogen-bond acceptors (Lipinski definition) is 6. The van der Waals surface area contributed by atoms with Crippen LogP contribution in [0.15, 0.2) is 36.5 Å². The van der Waals surface area contributed by atoms with Crippen LogP contribution in [0.3, 0.4) is 0 Å². The Kier molecular flexibility index (Phi) is 3.92. The maximum atomic E-state index is 11.7. The van der Waals surface area contributed by atoms with Gasteiger partial charge in [-0.15, -0.1) is 0 Å².